The van der Waals surface area contributed by atoms with E-state index < -0.39 is 0 Å². The number of benzene rings is 1. The van der Waals surface area contributed by atoms with Crippen LogP contribution in [0.25, 0.3) is 10.9 Å². The normalized spacial score (nSPS) is 11.5. The molecule has 0 fully saturated rings. The van der Waals surface area contributed by atoms with Crippen LogP contribution in [0.5, 0.6) is 0 Å². The summed E-state index contributed by atoms with van der Waals surface area (Å²) in [6, 6.07) is 8.30. The molecule has 86 valence electrons. The molecule has 0 radical (unpaired) electrons. The standard InChI is InChI=1S/C13H19N3/c1-10-8-11-9-12(14)4-5-13(11)16(10)7-6-15(2)3/h4-5,8-9H,6-7,14H2,1-3H3. The van der Waals surface area contributed by atoms with E-state index in [1.165, 1.54) is 16.6 Å². The third-order valence-electron chi connectivity index (χ3n) is 2.90. The van der Waals surface area contributed by atoms with Gasteiger partial charge in [0.25, 0.3) is 0 Å². The molecule has 3 nitrogen and oxygen atoms in total. The highest BCUT2D eigenvalue weighted by Crippen LogP contribution is 2.21. The maximum absolute atomic E-state index is 5.79. The largest absolute Gasteiger partial charge is 0.399 e. The Morgan fingerprint density at radius 1 is 1.25 bits per heavy atom. The zero-order valence-electron chi connectivity index (χ0n) is 10.2. The molecule has 0 spiro atoms. The summed E-state index contributed by atoms with van der Waals surface area (Å²) in [7, 11) is 4.19. The first-order chi connectivity index (χ1) is 7.58. The predicted octanol–water partition coefficient (Wildman–Crippen LogP) is 2.09. The Hall–Kier alpha value is -1.48. The van der Waals surface area contributed by atoms with E-state index >= 15 is 0 Å². The number of likely N-dealkylation sites (N-methyl/N-ethyl adjacent to an activating group) is 1. The third kappa shape index (κ3) is 2.04. The van der Waals surface area contributed by atoms with E-state index in [1.807, 2.05) is 12.1 Å². The van der Waals surface area contributed by atoms with Gasteiger partial charge in [0.05, 0.1) is 0 Å². The SMILES string of the molecule is Cc1cc2cc(N)ccc2n1CCN(C)C. The number of aryl methyl sites for hydroxylation is 1. The number of nitrogen functional groups attached to an aromatic ring is 1. The molecule has 0 atom stereocenters. The Balaban J connectivity index is 2.40. The second-order valence-corrected chi connectivity index (χ2v) is 4.56. The number of nitrogens with zero attached hydrogens (tertiary/aromatic N) is 2. The number of hydrogen-bond acceptors (Lipinski definition) is 2. The summed E-state index contributed by atoms with van der Waals surface area (Å²) in [5.74, 6) is 0. The van der Waals surface area contributed by atoms with Gasteiger partial charge in [-0.1, -0.05) is 0 Å². The van der Waals surface area contributed by atoms with Crippen LogP contribution in [0.3, 0.4) is 0 Å². The van der Waals surface area contributed by atoms with Gasteiger partial charge in [0.15, 0.2) is 0 Å². The second-order valence-electron chi connectivity index (χ2n) is 4.56. The Bertz CT molecular complexity index is 497. The van der Waals surface area contributed by atoms with Crippen LogP contribution in [0.1, 0.15) is 5.69 Å². The molecule has 0 unspecified atom stereocenters. The molecular weight excluding hydrogens is 198 g/mol. The first kappa shape index (κ1) is 11.0. The van der Waals surface area contributed by atoms with Gasteiger partial charge < -0.3 is 15.2 Å². The molecule has 1 aromatic heterocycles. The Labute approximate surface area is 96.5 Å². The molecule has 2 rings (SSSR count). The number of fused-ring (bicyclic) bond motifs is 1. The van der Waals surface area contributed by atoms with E-state index in [1.54, 1.807) is 0 Å². The number of aromatic nitrogens is 1. The van der Waals surface area contributed by atoms with E-state index in [0.717, 1.165) is 18.8 Å². The van der Waals surface area contributed by atoms with E-state index in [9.17, 15) is 0 Å². The smallest absolute Gasteiger partial charge is 0.0484 e. The molecule has 0 aliphatic carbocycles. The molecule has 2 aromatic rings. The van der Waals surface area contributed by atoms with Crippen LogP contribution in [0.15, 0.2) is 24.3 Å². The van der Waals surface area contributed by atoms with Crippen molar-refractivity contribution in [2.24, 2.45) is 0 Å². The van der Waals surface area contributed by atoms with Gasteiger partial charge in [-0.3, -0.25) is 0 Å². The lowest BCUT2D eigenvalue weighted by Gasteiger charge is -2.13. The first-order valence-electron chi connectivity index (χ1n) is 5.58. The fourth-order valence-corrected chi connectivity index (χ4v) is 2.02. The summed E-state index contributed by atoms with van der Waals surface area (Å²) in [5, 5.41) is 1.23. The Morgan fingerprint density at radius 3 is 2.69 bits per heavy atom. The maximum Gasteiger partial charge on any atom is 0.0484 e. The van der Waals surface area contributed by atoms with Crippen molar-refractivity contribution in [3.05, 3.63) is 30.0 Å². The van der Waals surface area contributed by atoms with Gasteiger partial charge in [-0.05, 0) is 45.3 Å². The molecule has 1 heterocycles. The molecule has 0 bridgehead atoms. The molecule has 16 heavy (non-hydrogen) atoms. The molecule has 0 aliphatic rings. The van der Waals surface area contributed by atoms with Gasteiger partial charge in [-0.15, -0.1) is 0 Å². The fraction of sp³-hybridized carbons (Fsp3) is 0.385. The monoisotopic (exact) mass is 217 g/mol. The topological polar surface area (TPSA) is 34.2 Å². The molecular formula is C13H19N3. The van der Waals surface area contributed by atoms with Crippen molar-refractivity contribution in [3.8, 4) is 0 Å². The van der Waals surface area contributed by atoms with Crippen molar-refractivity contribution in [1.82, 2.24) is 9.47 Å². The van der Waals surface area contributed by atoms with Gasteiger partial charge in [-0.2, -0.15) is 0 Å². The first-order valence-corrected chi connectivity index (χ1v) is 5.58. The summed E-state index contributed by atoms with van der Waals surface area (Å²) in [4.78, 5) is 2.20. The van der Waals surface area contributed by atoms with Crippen LogP contribution in [0, 0.1) is 6.92 Å². The molecule has 0 amide bonds. The number of anilines is 1. The Kier molecular flexibility index (Phi) is 2.88. The number of rotatable bonds is 3. The van der Waals surface area contributed by atoms with Crippen molar-refractivity contribution in [3.63, 3.8) is 0 Å². The van der Waals surface area contributed by atoms with Crippen LogP contribution in [-0.2, 0) is 6.54 Å². The third-order valence-corrected chi connectivity index (χ3v) is 2.90. The highest BCUT2D eigenvalue weighted by molar-refractivity contribution is 5.84. The number of hydrogen-bond donors (Lipinski definition) is 1. The maximum atomic E-state index is 5.79. The van der Waals surface area contributed by atoms with Crippen LogP contribution in [0.4, 0.5) is 5.69 Å². The van der Waals surface area contributed by atoms with Gasteiger partial charge in [0.1, 0.15) is 0 Å². The summed E-state index contributed by atoms with van der Waals surface area (Å²) in [6.07, 6.45) is 0. The molecule has 2 N–H and O–H groups in total. The second kappa shape index (κ2) is 4.18. The summed E-state index contributed by atoms with van der Waals surface area (Å²) in [5.41, 5.74) is 9.18. The van der Waals surface area contributed by atoms with E-state index in [-0.39, 0.29) is 0 Å². The van der Waals surface area contributed by atoms with E-state index in [4.69, 9.17) is 5.73 Å². The van der Waals surface area contributed by atoms with Gasteiger partial charge >= 0.3 is 0 Å². The van der Waals surface area contributed by atoms with Crippen molar-refractivity contribution >= 4 is 16.6 Å². The van der Waals surface area contributed by atoms with Gasteiger partial charge in [0.2, 0.25) is 0 Å². The van der Waals surface area contributed by atoms with Crippen molar-refractivity contribution in [1.29, 1.82) is 0 Å². The molecule has 0 saturated heterocycles. The minimum absolute atomic E-state index is 0.831. The average Bonchev–Trinajstić information content (AvgIpc) is 2.50. The minimum atomic E-state index is 0.831. The predicted molar refractivity (Wildman–Crippen MR) is 69.6 cm³/mol. The van der Waals surface area contributed by atoms with Gasteiger partial charge in [0, 0.05) is 35.4 Å². The minimum Gasteiger partial charge on any atom is -0.399 e. The molecule has 0 saturated carbocycles. The lowest BCUT2D eigenvalue weighted by Crippen LogP contribution is -2.18. The lowest BCUT2D eigenvalue weighted by molar-refractivity contribution is 0.385. The Morgan fingerprint density at radius 2 is 2.00 bits per heavy atom. The van der Waals surface area contributed by atoms with E-state index in [2.05, 4.69) is 42.6 Å². The van der Waals surface area contributed by atoms with Crippen LogP contribution in [-0.4, -0.2) is 30.1 Å². The van der Waals surface area contributed by atoms with Crippen LogP contribution >= 0.6 is 0 Å². The van der Waals surface area contributed by atoms with Crippen molar-refractivity contribution < 1.29 is 0 Å². The summed E-state index contributed by atoms with van der Waals surface area (Å²) in [6.45, 7) is 4.22. The lowest BCUT2D eigenvalue weighted by atomic mass is 10.2. The van der Waals surface area contributed by atoms with E-state index in [0.29, 0.717) is 0 Å². The summed E-state index contributed by atoms with van der Waals surface area (Å²) >= 11 is 0. The zero-order valence-corrected chi connectivity index (χ0v) is 10.2. The fourth-order valence-electron chi connectivity index (χ4n) is 2.02. The molecule has 0 aliphatic heterocycles. The highest BCUT2D eigenvalue weighted by atomic mass is 15.1. The molecule has 1 aromatic carbocycles. The summed E-state index contributed by atoms with van der Waals surface area (Å²) < 4.78 is 2.34. The quantitative estimate of drug-likeness (QED) is 0.799. The highest BCUT2D eigenvalue weighted by Gasteiger charge is 2.05. The zero-order chi connectivity index (χ0) is 11.7. The molecule has 3 heteroatoms. The van der Waals surface area contributed by atoms with Crippen LogP contribution in [0.2, 0.25) is 0 Å². The number of nitrogens with two attached hydrogens (primary N) is 1. The average molecular weight is 217 g/mol. The van der Waals surface area contributed by atoms with Crippen molar-refractivity contribution in [2.75, 3.05) is 26.4 Å². The van der Waals surface area contributed by atoms with Crippen LogP contribution < -0.4 is 5.73 Å². The van der Waals surface area contributed by atoms with Crippen molar-refractivity contribution in [2.45, 2.75) is 13.5 Å². The van der Waals surface area contributed by atoms with Gasteiger partial charge in [-0.25, -0.2) is 0 Å².